The zero-order chi connectivity index (χ0) is 27.5. The lowest BCUT2D eigenvalue weighted by Crippen LogP contribution is -2.36. The molecule has 6 rings (SSSR count). The Morgan fingerprint density at radius 1 is 0.850 bits per heavy atom. The van der Waals surface area contributed by atoms with Gasteiger partial charge in [-0.25, -0.2) is 0 Å². The van der Waals surface area contributed by atoms with E-state index in [2.05, 4.69) is 57.7 Å². The maximum absolute atomic E-state index is 13.0. The molecule has 7 nitrogen and oxygen atoms in total. The monoisotopic (exact) mass is 536 g/mol. The van der Waals surface area contributed by atoms with Crippen LogP contribution >= 0.6 is 0 Å². The van der Waals surface area contributed by atoms with E-state index in [0.717, 1.165) is 86.0 Å². The number of carbonyl (C=O) groups is 2. The van der Waals surface area contributed by atoms with Crippen LogP contribution in [-0.4, -0.2) is 44.2 Å². The number of anilines is 5. The van der Waals surface area contributed by atoms with Gasteiger partial charge in [0.1, 0.15) is 0 Å². The summed E-state index contributed by atoms with van der Waals surface area (Å²) in [6.07, 6.45) is 8.33. The minimum atomic E-state index is -0.129. The first-order valence-electron chi connectivity index (χ1n) is 14.3. The Labute approximate surface area is 235 Å². The molecule has 7 heteroatoms. The van der Waals surface area contributed by atoms with Gasteiger partial charge in [0.2, 0.25) is 5.91 Å². The molecular formula is C33H36N4O3. The molecule has 1 atom stereocenters. The SMILES string of the molecule is CC1CC=Cc2cc(NC(=O)c3ccc(N4CCOCC4)cc3)ccc2N1c1ccc(NC(=O)C2CCC2)cc1. The third-order valence-corrected chi connectivity index (χ3v) is 8.16. The number of amides is 2. The van der Waals surface area contributed by atoms with E-state index in [4.69, 9.17) is 4.74 Å². The molecule has 0 spiro atoms. The van der Waals surface area contributed by atoms with Crippen molar-refractivity contribution in [2.45, 2.75) is 38.6 Å². The van der Waals surface area contributed by atoms with Crippen LogP contribution in [0.1, 0.15) is 48.5 Å². The molecule has 1 unspecified atom stereocenters. The van der Waals surface area contributed by atoms with E-state index < -0.39 is 0 Å². The van der Waals surface area contributed by atoms with E-state index in [-0.39, 0.29) is 23.8 Å². The second kappa shape index (κ2) is 11.6. The summed E-state index contributed by atoms with van der Waals surface area (Å²) in [5.41, 5.74) is 6.52. The van der Waals surface area contributed by atoms with Crippen LogP contribution in [0.4, 0.5) is 28.4 Å². The summed E-state index contributed by atoms with van der Waals surface area (Å²) >= 11 is 0. The lowest BCUT2D eigenvalue weighted by Gasteiger charge is -2.31. The molecule has 1 aliphatic carbocycles. The van der Waals surface area contributed by atoms with E-state index in [1.54, 1.807) is 0 Å². The van der Waals surface area contributed by atoms with Gasteiger partial charge in [-0.3, -0.25) is 9.59 Å². The number of morpholine rings is 1. The van der Waals surface area contributed by atoms with Crippen LogP contribution in [-0.2, 0) is 9.53 Å². The maximum atomic E-state index is 13.0. The number of nitrogens with one attached hydrogen (secondary N) is 2. The average Bonchev–Trinajstić information content (AvgIpc) is 3.11. The van der Waals surface area contributed by atoms with Crippen LogP contribution in [0.3, 0.4) is 0 Å². The third kappa shape index (κ3) is 5.61. The first-order chi connectivity index (χ1) is 19.5. The number of benzene rings is 3. The molecule has 40 heavy (non-hydrogen) atoms. The van der Waals surface area contributed by atoms with Crippen LogP contribution in [0.15, 0.2) is 72.8 Å². The van der Waals surface area contributed by atoms with Crippen molar-refractivity contribution in [3.63, 3.8) is 0 Å². The van der Waals surface area contributed by atoms with Crippen LogP contribution in [0, 0.1) is 5.92 Å². The first kappa shape index (κ1) is 26.1. The van der Waals surface area contributed by atoms with Crippen LogP contribution in [0.5, 0.6) is 0 Å². The number of carbonyl (C=O) groups excluding carboxylic acids is 2. The van der Waals surface area contributed by atoms with Gasteiger partial charge in [-0.2, -0.15) is 0 Å². The molecule has 0 bridgehead atoms. The van der Waals surface area contributed by atoms with E-state index in [0.29, 0.717) is 5.56 Å². The lowest BCUT2D eigenvalue weighted by atomic mass is 9.85. The fraction of sp³-hybridized carbons (Fsp3) is 0.333. The van der Waals surface area contributed by atoms with E-state index in [1.165, 1.54) is 0 Å². The van der Waals surface area contributed by atoms with Gasteiger partial charge in [-0.05, 0) is 98.5 Å². The zero-order valence-electron chi connectivity index (χ0n) is 22.9. The highest BCUT2D eigenvalue weighted by atomic mass is 16.5. The predicted octanol–water partition coefficient (Wildman–Crippen LogP) is 6.46. The minimum Gasteiger partial charge on any atom is -0.378 e. The van der Waals surface area contributed by atoms with Gasteiger partial charge in [0.15, 0.2) is 0 Å². The van der Waals surface area contributed by atoms with Gasteiger partial charge >= 0.3 is 0 Å². The first-order valence-corrected chi connectivity index (χ1v) is 14.3. The molecule has 1 saturated heterocycles. The van der Waals surface area contributed by atoms with Crippen molar-refractivity contribution < 1.29 is 14.3 Å². The highest BCUT2D eigenvalue weighted by molar-refractivity contribution is 6.04. The van der Waals surface area contributed by atoms with Crippen molar-refractivity contribution in [2.75, 3.05) is 46.7 Å². The molecule has 2 N–H and O–H groups in total. The van der Waals surface area contributed by atoms with Crippen LogP contribution in [0.2, 0.25) is 0 Å². The molecule has 2 heterocycles. The third-order valence-electron chi connectivity index (χ3n) is 8.16. The summed E-state index contributed by atoms with van der Waals surface area (Å²) < 4.78 is 5.44. The van der Waals surface area contributed by atoms with Crippen molar-refractivity contribution in [3.8, 4) is 0 Å². The number of rotatable bonds is 6. The number of fused-ring (bicyclic) bond motifs is 1. The standard InChI is InChI=1S/C33H36N4O3/c1-23-4-2-7-26-22-28(35-33(39)25-8-13-29(14-9-25)36-18-20-40-21-19-36)12-17-31(26)37(23)30-15-10-27(11-16-30)34-32(38)24-5-3-6-24/h2,7-17,22-24H,3-6,18-21H2,1H3,(H,34,38)(H,35,39). The van der Waals surface area contributed by atoms with Crippen molar-refractivity contribution in [1.29, 1.82) is 0 Å². The molecule has 3 aromatic carbocycles. The van der Waals surface area contributed by atoms with Gasteiger partial charge in [-0.15, -0.1) is 0 Å². The predicted molar refractivity (Wildman–Crippen MR) is 162 cm³/mol. The van der Waals surface area contributed by atoms with Gasteiger partial charge < -0.3 is 25.2 Å². The number of hydrogen-bond acceptors (Lipinski definition) is 5. The maximum Gasteiger partial charge on any atom is 0.255 e. The van der Waals surface area contributed by atoms with Crippen molar-refractivity contribution in [2.24, 2.45) is 5.92 Å². The summed E-state index contributed by atoms with van der Waals surface area (Å²) in [5.74, 6) is 0.155. The number of ether oxygens (including phenoxy) is 1. The quantitative estimate of drug-likeness (QED) is 0.378. The van der Waals surface area contributed by atoms with Crippen LogP contribution in [0.25, 0.3) is 6.08 Å². The minimum absolute atomic E-state index is 0.124. The van der Waals surface area contributed by atoms with Gasteiger partial charge in [0.25, 0.3) is 5.91 Å². The topological polar surface area (TPSA) is 73.9 Å². The lowest BCUT2D eigenvalue weighted by molar-refractivity contribution is -0.122. The Hall–Kier alpha value is -4.10. The Morgan fingerprint density at radius 2 is 1.55 bits per heavy atom. The van der Waals surface area contributed by atoms with Crippen molar-refractivity contribution in [1.82, 2.24) is 0 Å². The molecule has 0 aromatic heterocycles. The molecule has 2 amide bonds. The van der Waals surface area contributed by atoms with E-state index in [9.17, 15) is 9.59 Å². The van der Waals surface area contributed by atoms with E-state index >= 15 is 0 Å². The Kier molecular flexibility index (Phi) is 7.55. The smallest absolute Gasteiger partial charge is 0.255 e. The Balaban J connectivity index is 1.16. The molecule has 1 saturated carbocycles. The zero-order valence-corrected chi connectivity index (χ0v) is 22.9. The second-order valence-corrected chi connectivity index (χ2v) is 10.9. The summed E-state index contributed by atoms with van der Waals surface area (Å²) in [4.78, 5) is 30.0. The molecule has 3 aromatic rings. The molecule has 2 aliphatic heterocycles. The van der Waals surface area contributed by atoms with Gasteiger partial charge in [0, 0.05) is 59.0 Å². The van der Waals surface area contributed by atoms with Gasteiger partial charge in [-0.1, -0.05) is 18.6 Å². The average molecular weight is 537 g/mol. The van der Waals surface area contributed by atoms with Crippen molar-refractivity contribution in [3.05, 3.63) is 83.9 Å². The largest absolute Gasteiger partial charge is 0.378 e. The van der Waals surface area contributed by atoms with E-state index in [1.807, 2.05) is 48.5 Å². The number of nitrogens with zero attached hydrogens (tertiary/aromatic N) is 2. The molecule has 3 aliphatic rings. The summed E-state index contributed by atoms with van der Waals surface area (Å²) in [5, 5.41) is 6.13. The van der Waals surface area contributed by atoms with Gasteiger partial charge in [0.05, 0.1) is 13.2 Å². The molecule has 0 radical (unpaired) electrons. The molecule has 206 valence electrons. The fourth-order valence-electron chi connectivity index (χ4n) is 5.58. The summed E-state index contributed by atoms with van der Waals surface area (Å²) in [6.45, 7) is 5.40. The molecule has 2 fully saturated rings. The van der Waals surface area contributed by atoms with Crippen LogP contribution < -0.4 is 20.4 Å². The summed E-state index contributed by atoms with van der Waals surface area (Å²) in [6, 6.07) is 22.2. The summed E-state index contributed by atoms with van der Waals surface area (Å²) in [7, 11) is 0. The normalized spacial score (nSPS) is 18.9. The fourth-order valence-corrected chi connectivity index (χ4v) is 5.58. The molecular weight excluding hydrogens is 500 g/mol. The van der Waals surface area contributed by atoms with Crippen molar-refractivity contribution >= 4 is 46.3 Å². The highest BCUT2D eigenvalue weighted by Crippen LogP contribution is 2.37. The Morgan fingerprint density at radius 3 is 2.25 bits per heavy atom. The number of hydrogen-bond donors (Lipinski definition) is 2. The Bertz CT molecular complexity index is 1390. The second-order valence-electron chi connectivity index (χ2n) is 10.9. The highest BCUT2D eigenvalue weighted by Gasteiger charge is 2.25.